The Morgan fingerprint density at radius 1 is 1.11 bits per heavy atom. The zero-order valence-corrected chi connectivity index (χ0v) is 10.3. The molecule has 0 saturated heterocycles. The predicted octanol–water partition coefficient (Wildman–Crippen LogP) is 2.48. The van der Waals surface area contributed by atoms with Crippen LogP contribution in [0.2, 0.25) is 0 Å². The van der Waals surface area contributed by atoms with E-state index in [4.69, 9.17) is 0 Å². The topological polar surface area (TPSA) is 58.9 Å². The lowest BCUT2D eigenvalue weighted by molar-refractivity contribution is 0.545. The van der Waals surface area contributed by atoms with E-state index in [1.165, 1.54) is 12.2 Å². The molecule has 0 amide bonds. The third-order valence-corrected chi connectivity index (χ3v) is 3.63. The fourth-order valence-corrected chi connectivity index (χ4v) is 2.83. The first kappa shape index (κ1) is 11.5. The van der Waals surface area contributed by atoms with E-state index in [2.05, 4.69) is 16.9 Å². The van der Waals surface area contributed by atoms with Gasteiger partial charge in [-0.2, -0.15) is 9.98 Å². The Hall–Kier alpha value is -2.54. The molecule has 4 heteroatoms. The van der Waals surface area contributed by atoms with Crippen molar-refractivity contribution in [1.82, 2.24) is 0 Å². The molecule has 92 valence electrons. The Bertz CT molecular complexity index is 699. The molecule has 0 aromatic heterocycles. The van der Waals surface area contributed by atoms with E-state index in [1.54, 1.807) is 6.08 Å². The van der Waals surface area contributed by atoms with E-state index < -0.39 is 5.66 Å². The first-order valence-corrected chi connectivity index (χ1v) is 5.95. The van der Waals surface area contributed by atoms with Gasteiger partial charge in [-0.1, -0.05) is 37.3 Å². The van der Waals surface area contributed by atoms with Crippen molar-refractivity contribution in [3.8, 4) is 0 Å². The van der Waals surface area contributed by atoms with Crippen LogP contribution < -0.4 is 0 Å². The van der Waals surface area contributed by atoms with Gasteiger partial charge in [-0.3, -0.25) is 0 Å². The van der Waals surface area contributed by atoms with Crippen LogP contribution >= 0.6 is 0 Å². The number of aliphatic imine (C=N–C) groups is 2. The van der Waals surface area contributed by atoms with Crippen LogP contribution in [0.3, 0.4) is 0 Å². The van der Waals surface area contributed by atoms with Crippen molar-refractivity contribution in [3.63, 3.8) is 0 Å². The molecule has 1 aromatic carbocycles. The minimum Gasteiger partial charge on any atom is -0.211 e. The van der Waals surface area contributed by atoms with Gasteiger partial charge in [0, 0.05) is 11.5 Å². The Labute approximate surface area is 109 Å². The van der Waals surface area contributed by atoms with Crippen molar-refractivity contribution in [1.29, 1.82) is 0 Å². The van der Waals surface area contributed by atoms with Gasteiger partial charge in [0.25, 0.3) is 0 Å². The maximum absolute atomic E-state index is 10.7. The first-order valence-electron chi connectivity index (χ1n) is 5.95. The highest BCUT2D eigenvalue weighted by molar-refractivity contribution is 6.10. The van der Waals surface area contributed by atoms with Crippen LogP contribution in [-0.2, 0) is 9.59 Å². The van der Waals surface area contributed by atoms with E-state index in [0.29, 0.717) is 0 Å². The third-order valence-electron chi connectivity index (χ3n) is 3.63. The van der Waals surface area contributed by atoms with Gasteiger partial charge in [0.1, 0.15) is 0 Å². The summed E-state index contributed by atoms with van der Waals surface area (Å²) in [4.78, 5) is 28.9. The number of allylic oxidation sites excluding steroid dienone is 2. The van der Waals surface area contributed by atoms with Crippen molar-refractivity contribution in [2.75, 3.05) is 0 Å². The van der Waals surface area contributed by atoms with Crippen LogP contribution in [0.1, 0.15) is 18.1 Å². The molecular formula is C15H10N2O2. The molecule has 2 aliphatic carbocycles. The second-order valence-corrected chi connectivity index (χ2v) is 4.61. The van der Waals surface area contributed by atoms with Gasteiger partial charge in [-0.15, -0.1) is 0 Å². The van der Waals surface area contributed by atoms with E-state index in [0.717, 1.165) is 22.3 Å². The predicted molar refractivity (Wildman–Crippen MR) is 70.5 cm³/mol. The molecule has 19 heavy (non-hydrogen) atoms. The summed E-state index contributed by atoms with van der Waals surface area (Å²) >= 11 is 0. The van der Waals surface area contributed by atoms with Gasteiger partial charge in [0.05, 0.1) is 0 Å². The smallest absolute Gasteiger partial charge is 0.211 e. The molecule has 0 fully saturated rings. The number of rotatable bonds is 2. The van der Waals surface area contributed by atoms with Crippen LogP contribution in [0.25, 0.3) is 11.1 Å². The molecule has 0 heterocycles. The number of nitrogens with zero attached hydrogens (tertiary/aromatic N) is 2. The normalized spacial score (nSPS) is 26.5. The quantitative estimate of drug-likeness (QED) is 0.460. The van der Waals surface area contributed by atoms with E-state index in [9.17, 15) is 9.59 Å². The van der Waals surface area contributed by atoms with Crippen molar-refractivity contribution in [3.05, 3.63) is 47.5 Å². The highest BCUT2D eigenvalue weighted by Crippen LogP contribution is 2.54. The lowest BCUT2D eigenvalue weighted by Gasteiger charge is -2.39. The summed E-state index contributed by atoms with van der Waals surface area (Å²) in [6.45, 7) is 2.06. The largest absolute Gasteiger partial charge is 0.238 e. The van der Waals surface area contributed by atoms with Crippen molar-refractivity contribution < 1.29 is 9.59 Å². The Morgan fingerprint density at radius 3 is 2.37 bits per heavy atom. The van der Waals surface area contributed by atoms with Gasteiger partial charge in [-0.25, -0.2) is 9.59 Å². The van der Waals surface area contributed by atoms with Crippen molar-refractivity contribution >= 4 is 23.3 Å². The molecule has 0 radical (unpaired) electrons. The lowest BCUT2D eigenvalue weighted by atomic mass is 9.67. The molecule has 4 nitrogen and oxygen atoms in total. The molecular weight excluding hydrogens is 240 g/mol. The molecule has 0 spiro atoms. The number of carbonyl (C=O) groups excluding carboxylic acids is 2. The molecule has 3 rings (SSSR count). The number of benzene rings is 1. The lowest BCUT2D eigenvalue weighted by Crippen LogP contribution is -2.33. The summed E-state index contributed by atoms with van der Waals surface area (Å²) < 4.78 is 0. The summed E-state index contributed by atoms with van der Waals surface area (Å²) in [5.74, 6) is 0.210. The van der Waals surface area contributed by atoms with Gasteiger partial charge >= 0.3 is 0 Å². The first-order chi connectivity index (χ1) is 9.23. The second kappa shape index (κ2) is 3.99. The number of hydrogen-bond acceptors (Lipinski definition) is 4. The van der Waals surface area contributed by atoms with Crippen LogP contribution in [0, 0.1) is 5.92 Å². The molecule has 1 atom stereocenters. The molecule has 0 aliphatic heterocycles. The molecule has 0 N–H and O–H groups in total. The zero-order valence-electron chi connectivity index (χ0n) is 10.3. The van der Waals surface area contributed by atoms with Gasteiger partial charge in [0.2, 0.25) is 17.8 Å². The van der Waals surface area contributed by atoms with E-state index in [1.807, 2.05) is 30.3 Å². The van der Waals surface area contributed by atoms with E-state index in [-0.39, 0.29) is 5.92 Å². The molecule has 0 saturated carbocycles. The fourth-order valence-electron chi connectivity index (χ4n) is 2.83. The molecule has 1 unspecified atom stereocenters. The fraction of sp³-hybridized carbons (Fsp3) is 0.200. The van der Waals surface area contributed by atoms with Crippen molar-refractivity contribution in [2.24, 2.45) is 15.9 Å². The summed E-state index contributed by atoms with van der Waals surface area (Å²) in [7, 11) is 0. The second-order valence-electron chi connectivity index (χ2n) is 4.61. The maximum atomic E-state index is 10.7. The Morgan fingerprint density at radius 2 is 1.74 bits per heavy atom. The average molecular weight is 250 g/mol. The average Bonchev–Trinajstić information content (AvgIpc) is 2.38. The monoisotopic (exact) mass is 250 g/mol. The van der Waals surface area contributed by atoms with Crippen molar-refractivity contribution in [2.45, 2.75) is 12.6 Å². The maximum Gasteiger partial charge on any atom is 0.238 e. The van der Waals surface area contributed by atoms with Gasteiger partial charge < -0.3 is 0 Å². The summed E-state index contributed by atoms with van der Waals surface area (Å²) in [6, 6.07) is 7.83. The standard InChI is InChI=1S/C15H10N2O2/c1-10-6-7-15(16-8-18,17-9-19)14-12-5-3-2-4-11(12)13(10)14/h2-7,10H,1H3. The highest BCUT2D eigenvalue weighted by Gasteiger charge is 2.45. The number of isocyanates is 2. The summed E-state index contributed by atoms with van der Waals surface area (Å²) in [6.07, 6.45) is 6.59. The Balaban J connectivity index is 2.28. The minimum absolute atomic E-state index is 0.210. The molecule has 0 bridgehead atoms. The van der Waals surface area contributed by atoms with Gasteiger partial charge in [-0.05, 0) is 22.8 Å². The summed E-state index contributed by atoms with van der Waals surface area (Å²) in [5, 5.41) is 0. The van der Waals surface area contributed by atoms with E-state index >= 15 is 0 Å². The third kappa shape index (κ3) is 1.42. The zero-order chi connectivity index (χ0) is 13.5. The SMILES string of the molecule is CC1C=CC(N=C=O)(N=C=O)C2=C1c1ccccc12. The van der Waals surface area contributed by atoms with Gasteiger partial charge in [0.15, 0.2) is 0 Å². The minimum atomic E-state index is -1.28. The van der Waals surface area contributed by atoms with Crippen LogP contribution in [0.15, 0.2) is 46.4 Å². The Kier molecular flexibility index (Phi) is 2.42. The number of fused-ring (bicyclic) bond motifs is 3. The van der Waals surface area contributed by atoms with Crippen LogP contribution in [0.4, 0.5) is 0 Å². The van der Waals surface area contributed by atoms with Crippen LogP contribution in [-0.4, -0.2) is 17.8 Å². The molecule has 1 aromatic rings. The summed E-state index contributed by atoms with van der Waals surface area (Å²) in [5.41, 5.74) is 2.72. The van der Waals surface area contributed by atoms with Crippen LogP contribution in [0.5, 0.6) is 0 Å². The number of hydrogen-bond donors (Lipinski definition) is 0. The molecule has 2 aliphatic rings. The highest BCUT2D eigenvalue weighted by atomic mass is 16.1.